The minimum Gasteiger partial charge on any atom is -0.444 e. The van der Waals surface area contributed by atoms with Gasteiger partial charge in [0.15, 0.2) is 0 Å². The maximum atomic E-state index is 11.6. The van der Waals surface area contributed by atoms with Crippen molar-refractivity contribution < 1.29 is 14.3 Å². The van der Waals surface area contributed by atoms with Crippen LogP contribution in [0.4, 0.5) is 4.79 Å². The van der Waals surface area contributed by atoms with E-state index in [1.165, 1.54) is 0 Å². The maximum absolute atomic E-state index is 11.6. The van der Waals surface area contributed by atoms with Crippen LogP contribution in [-0.2, 0) is 9.53 Å². The maximum Gasteiger partial charge on any atom is 0.408 e. The summed E-state index contributed by atoms with van der Waals surface area (Å²) in [6, 6.07) is -0.748. The Balaban J connectivity index is 4.67. The Kier molecular flexibility index (Phi) is 4.94. The van der Waals surface area contributed by atoms with Gasteiger partial charge in [0.1, 0.15) is 11.6 Å². The number of nitrogens with one attached hydrogen (secondary N) is 2. The number of hydrazine groups is 1. The molecule has 0 aliphatic heterocycles. The van der Waals surface area contributed by atoms with E-state index >= 15 is 0 Å². The van der Waals surface area contributed by atoms with Gasteiger partial charge in [0.2, 0.25) is 0 Å². The van der Waals surface area contributed by atoms with E-state index in [0.717, 1.165) is 0 Å². The van der Waals surface area contributed by atoms with Gasteiger partial charge in [-0.1, -0.05) is 20.8 Å². The Morgan fingerprint density at radius 1 is 1.12 bits per heavy atom. The van der Waals surface area contributed by atoms with Crippen molar-refractivity contribution in [2.45, 2.75) is 53.2 Å². The molecule has 0 bridgehead atoms. The summed E-state index contributed by atoms with van der Waals surface area (Å²) in [4.78, 5) is 23.1. The van der Waals surface area contributed by atoms with Crippen molar-refractivity contribution in [3.05, 3.63) is 0 Å². The van der Waals surface area contributed by atoms with Gasteiger partial charge in [-0.25, -0.2) is 10.6 Å². The topological polar surface area (TPSA) is 93.4 Å². The van der Waals surface area contributed by atoms with Crippen molar-refractivity contribution in [3.63, 3.8) is 0 Å². The zero-order chi connectivity index (χ0) is 13.9. The van der Waals surface area contributed by atoms with Gasteiger partial charge in [0, 0.05) is 0 Å². The quantitative estimate of drug-likeness (QED) is 0.383. The van der Waals surface area contributed by atoms with Crippen LogP contribution >= 0.6 is 0 Å². The van der Waals surface area contributed by atoms with Crippen LogP contribution in [0.5, 0.6) is 0 Å². The lowest BCUT2D eigenvalue weighted by molar-refractivity contribution is -0.125. The Morgan fingerprint density at radius 3 is 1.88 bits per heavy atom. The predicted molar refractivity (Wildman–Crippen MR) is 64.9 cm³/mol. The largest absolute Gasteiger partial charge is 0.444 e. The second-order valence-corrected chi connectivity index (χ2v) is 5.95. The third-order valence-corrected chi connectivity index (χ3v) is 1.93. The summed E-state index contributed by atoms with van der Waals surface area (Å²) < 4.78 is 5.09. The highest BCUT2D eigenvalue weighted by Crippen LogP contribution is 2.20. The SMILES string of the molecule is CC(C)(C)OC(=O)NC(C(=O)NN)C(C)(C)C. The van der Waals surface area contributed by atoms with Crippen LogP contribution in [0.3, 0.4) is 0 Å². The highest BCUT2D eigenvalue weighted by atomic mass is 16.6. The Bertz CT molecular complexity index is 289. The van der Waals surface area contributed by atoms with Gasteiger partial charge in [-0.2, -0.15) is 0 Å². The highest BCUT2D eigenvalue weighted by molar-refractivity contribution is 5.85. The molecule has 0 fully saturated rings. The first kappa shape index (κ1) is 15.7. The molecule has 0 aliphatic carbocycles. The minimum absolute atomic E-state index is 0.455. The van der Waals surface area contributed by atoms with Gasteiger partial charge < -0.3 is 10.1 Å². The van der Waals surface area contributed by atoms with E-state index in [2.05, 4.69) is 5.32 Å². The fourth-order valence-corrected chi connectivity index (χ4v) is 1.18. The van der Waals surface area contributed by atoms with Crippen molar-refractivity contribution in [3.8, 4) is 0 Å². The zero-order valence-corrected chi connectivity index (χ0v) is 11.4. The van der Waals surface area contributed by atoms with Gasteiger partial charge >= 0.3 is 6.09 Å². The van der Waals surface area contributed by atoms with E-state index in [4.69, 9.17) is 10.6 Å². The molecular formula is C11H23N3O3. The van der Waals surface area contributed by atoms with Crippen molar-refractivity contribution in [2.75, 3.05) is 0 Å². The Morgan fingerprint density at radius 2 is 1.59 bits per heavy atom. The lowest BCUT2D eigenvalue weighted by atomic mass is 9.86. The lowest BCUT2D eigenvalue weighted by Gasteiger charge is -2.30. The molecule has 0 radical (unpaired) electrons. The smallest absolute Gasteiger partial charge is 0.408 e. The first-order valence-corrected chi connectivity index (χ1v) is 5.47. The van der Waals surface area contributed by atoms with E-state index in [1.54, 1.807) is 20.8 Å². The van der Waals surface area contributed by atoms with Crippen LogP contribution in [0.25, 0.3) is 0 Å². The summed E-state index contributed by atoms with van der Waals surface area (Å²) in [6.07, 6.45) is -0.638. The zero-order valence-electron chi connectivity index (χ0n) is 11.4. The normalized spacial score (nSPS) is 13.8. The molecule has 6 nitrogen and oxygen atoms in total. The monoisotopic (exact) mass is 245 g/mol. The molecule has 6 heteroatoms. The molecule has 0 saturated heterocycles. The first-order valence-electron chi connectivity index (χ1n) is 5.47. The van der Waals surface area contributed by atoms with E-state index in [9.17, 15) is 9.59 Å². The lowest BCUT2D eigenvalue weighted by Crippen LogP contribution is -2.55. The first-order chi connectivity index (χ1) is 7.47. The average molecular weight is 245 g/mol. The number of carbonyl (C=O) groups is 2. The van der Waals surface area contributed by atoms with Crippen LogP contribution in [0.2, 0.25) is 0 Å². The molecule has 0 saturated carbocycles. The van der Waals surface area contributed by atoms with E-state index in [1.807, 2.05) is 26.2 Å². The molecule has 4 N–H and O–H groups in total. The summed E-state index contributed by atoms with van der Waals surface area (Å²) in [6.45, 7) is 10.7. The molecule has 0 aromatic heterocycles. The summed E-state index contributed by atoms with van der Waals surface area (Å²) >= 11 is 0. The predicted octanol–water partition coefficient (Wildman–Crippen LogP) is 0.916. The number of rotatable bonds is 2. The van der Waals surface area contributed by atoms with Crippen LogP contribution in [0.1, 0.15) is 41.5 Å². The number of nitrogens with two attached hydrogens (primary N) is 1. The molecule has 0 spiro atoms. The number of carbonyl (C=O) groups excluding carboxylic acids is 2. The third-order valence-electron chi connectivity index (χ3n) is 1.93. The molecule has 1 atom stereocenters. The minimum atomic E-state index is -0.748. The molecule has 2 amide bonds. The number of hydrogen-bond acceptors (Lipinski definition) is 4. The third kappa shape index (κ3) is 6.11. The molecular weight excluding hydrogens is 222 g/mol. The molecule has 1 unspecified atom stereocenters. The van der Waals surface area contributed by atoms with Gasteiger partial charge in [0.25, 0.3) is 5.91 Å². The van der Waals surface area contributed by atoms with Crippen LogP contribution in [-0.4, -0.2) is 23.6 Å². The molecule has 0 aliphatic rings. The number of amides is 2. The Labute approximate surface area is 102 Å². The van der Waals surface area contributed by atoms with Gasteiger partial charge in [-0.15, -0.1) is 0 Å². The summed E-state index contributed by atoms with van der Waals surface area (Å²) in [5, 5.41) is 2.51. The van der Waals surface area contributed by atoms with E-state index in [0.29, 0.717) is 0 Å². The van der Waals surface area contributed by atoms with Crippen molar-refractivity contribution in [2.24, 2.45) is 11.3 Å². The number of ether oxygens (including phenoxy) is 1. The fourth-order valence-electron chi connectivity index (χ4n) is 1.18. The highest BCUT2D eigenvalue weighted by Gasteiger charge is 2.33. The summed E-state index contributed by atoms with van der Waals surface area (Å²) in [7, 11) is 0. The van der Waals surface area contributed by atoms with Crippen LogP contribution in [0, 0.1) is 5.41 Å². The van der Waals surface area contributed by atoms with Crippen molar-refractivity contribution in [1.82, 2.24) is 10.7 Å². The molecule has 0 heterocycles. The fraction of sp³-hybridized carbons (Fsp3) is 0.818. The molecule has 17 heavy (non-hydrogen) atoms. The number of alkyl carbamates (subject to hydrolysis) is 1. The van der Waals surface area contributed by atoms with Crippen LogP contribution < -0.4 is 16.6 Å². The molecule has 0 rings (SSSR count). The summed E-state index contributed by atoms with van der Waals surface area (Å²) in [5.41, 5.74) is 0.967. The van der Waals surface area contributed by atoms with Gasteiger partial charge in [0.05, 0.1) is 0 Å². The number of hydrogen-bond donors (Lipinski definition) is 3. The van der Waals surface area contributed by atoms with E-state index < -0.39 is 29.1 Å². The Hall–Kier alpha value is -1.30. The van der Waals surface area contributed by atoms with Gasteiger partial charge in [-0.05, 0) is 26.2 Å². The second kappa shape index (κ2) is 5.35. The summed E-state index contributed by atoms with van der Waals surface area (Å²) in [5.74, 6) is 4.63. The van der Waals surface area contributed by atoms with E-state index in [-0.39, 0.29) is 0 Å². The molecule has 0 aromatic rings. The van der Waals surface area contributed by atoms with Crippen molar-refractivity contribution >= 4 is 12.0 Å². The van der Waals surface area contributed by atoms with Crippen molar-refractivity contribution in [1.29, 1.82) is 0 Å². The average Bonchev–Trinajstić information content (AvgIpc) is 2.08. The molecule has 0 aromatic carbocycles. The van der Waals surface area contributed by atoms with Gasteiger partial charge in [-0.3, -0.25) is 10.2 Å². The standard InChI is InChI=1S/C11H23N3O3/c1-10(2,3)7(8(15)14-12)13-9(16)17-11(4,5)6/h7H,12H2,1-6H3,(H,13,16)(H,14,15). The van der Waals surface area contributed by atoms with Crippen LogP contribution in [0.15, 0.2) is 0 Å². The second-order valence-electron chi connectivity index (χ2n) is 5.95. The molecule has 100 valence electrons.